The Morgan fingerprint density at radius 3 is 2.67 bits per heavy atom. The molecule has 0 saturated carbocycles. The lowest BCUT2D eigenvalue weighted by Gasteiger charge is -2.06. The second-order valence-electron chi connectivity index (χ2n) is 6.63. The van der Waals surface area contributed by atoms with Crippen molar-refractivity contribution in [3.63, 3.8) is 0 Å². The van der Waals surface area contributed by atoms with Crippen molar-refractivity contribution in [2.75, 3.05) is 0 Å². The van der Waals surface area contributed by atoms with Gasteiger partial charge in [-0.05, 0) is 50.5 Å². The number of aryl methyl sites for hydroxylation is 1. The highest BCUT2D eigenvalue weighted by Crippen LogP contribution is 2.28. The number of furan rings is 1. The van der Waals surface area contributed by atoms with E-state index in [0.29, 0.717) is 11.5 Å². The van der Waals surface area contributed by atoms with Crippen LogP contribution in [-0.4, -0.2) is 26.8 Å². The standard InChI is InChI=1S/C20H19N3O4/c1-12-5-7-13(8-6-12)23-16-4-2-3-15(16)18(22-23)19(24)21-11-14-9-10-17(27-14)20(25)26/h5-10H,2-4,11H2,1H3,(H,21,24)(H,25,26). The van der Waals surface area contributed by atoms with E-state index < -0.39 is 5.97 Å². The van der Waals surface area contributed by atoms with Crippen molar-refractivity contribution in [1.29, 1.82) is 0 Å². The van der Waals surface area contributed by atoms with Crippen LogP contribution in [0.15, 0.2) is 40.8 Å². The molecule has 0 bridgehead atoms. The van der Waals surface area contributed by atoms with Gasteiger partial charge in [0.2, 0.25) is 5.76 Å². The summed E-state index contributed by atoms with van der Waals surface area (Å²) in [4.78, 5) is 23.5. The van der Waals surface area contributed by atoms with E-state index in [2.05, 4.69) is 10.4 Å². The number of nitrogens with zero attached hydrogens (tertiary/aromatic N) is 2. The van der Waals surface area contributed by atoms with Crippen LogP contribution in [0.2, 0.25) is 0 Å². The molecule has 1 amide bonds. The Labute approximate surface area is 155 Å². The molecular weight excluding hydrogens is 346 g/mol. The molecule has 1 aliphatic carbocycles. The Balaban J connectivity index is 1.56. The summed E-state index contributed by atoms with van der Waals surface area (Å²) in [5, 5.41) is 16.2. The molecule has 4 rings (SSSR count). The Hall–Kier alpha value is -3.35. The molecule has 0 fully saturated rings. The van der Waals surface area contributed by atoms with E-state index in [1.807, 2.05) is 35.9 Å². The molecule has 7 nitrogen and oxygen atoms in total. The third kappa shape index (κ3) is 3.23. The maximum absolute atomic E-state index is 12.7. The average Bonchev–Trinajstić information content (AvgIpc) is 3.36. The van der Waals surface area contributed by atoms with Gasteiger partial charge in [0.25, 0.3) is 5.91 Å². The van der Waals surface area contributed by atoms with Gasteiger partial charge >= 0.3 is 5.97 Å². The normalized spacial score (nSPS) is 12.8. The van der Waals surface area contributed by atoms with Gasteiger partial charge in [-0.3, -0.25) is 4.79 Å². The highest BCUT2D eigenvalue weighted by atomic mass is 16.4. The number of carboxylic acid groups (broad SMARTS) is 1. The summed E-state index contributed by atoms with van der Waals surface area (Å²) < 4.78 is 7.02. The third-order valence-corrected chi connectivity index (χ3v) is 4.72. The maximum Gasteiger partial charge on any atom is 0.371 e. The first-order chi connectivity index (χ1) is 13.0. The number of aromatic carboxylic acids is 1. The molecule has 7 heteroatoms. The fraction of sp³-hybridized carbons (Fsp3) is 0.250. The SMILES string of the molecule is Cc1ccc(-n2nc(C(=O)NCc3ccc(C(=O)O)o3)c3c2CCC3)cc1. The number of aromatic nitrogens is 2. The fourth-order valence-corrected chi connectivity index (χ4v) is 3.36. The molecule has 0 unspecified atom stereocenters. The van der Waals surface area contributed by atoms with Crippen LogP contribution in [0, 0.1) is 6.92 Å². The van der Waals surface area contributed by atoms with E-state index in [4.69, 9.17) is 9.52 Å². The third-order valence-electron chi connectivity index (χ3n) is 4.72. The summed E-state index contributed by atoms with van der Waals surface area (Å²) in [7, 11) is 0. The predicted octanol–water partition coefficient (Wildman–Crippen LogP) is 2.89. The highest BCUT2D eigenvalue weighted by molar-refractivity contribution is 5.94. The number of fused-ring (bicyclic) bond motifs is 1. The van der Waals surface area contributed by atoms with Gasteiger partial charge < -0.3 is 14.8 Å². The molecule has 2 aromatic heterocycles. The van der Waals surface area contributed by atoms with Gasteiger partial charge in [0.15, 0.2) is 5.69 Å². The molecule has 1 aliphatic rings. The summed E-state index contributed by atoms with van der Waals surface area (Å²) >= 11 is 0. The number of carbonyl (C=O) groups excluding carboxylic acids is 1. The van der Waals surface area contributed by atoms with E-state index in [0.717, 1.165) is 36.2 Å². The number of amides is 1. The smallest absolute Gasteiger partial charge is 0.371 e. The van der Waals surface area contributed by atoms with Crippen LogP contribution >= 0.6 is 0 Å². The summed E-state index contributed by atoms with van der Waals surface area (Å²) in [6, 6.07) is 11.0. The molecular formula is C20H19N3O4. The first kappa shape index (κ1) is 17.1. The average molecular weight is 365 g/mol. The minimum Gasteiger partial charge on any atom is -0.475 e. The van der Waals surface area contributed by atoms with Crippen LogP contribution in [0.3, 0.4) is 0 Å². The van der Waals surface area contributed by atoms with Crippen LogP contribution in [0.4, 0.5) is 0 Å². The van der Waals surface area contributed by atoms with Crippen molar-refractivity contribution >= 4 is 11.9 Å². The van der Waals surface area contributed by atoms with Crippen molar-refractivity contribution in [3.8, 4) is 5.69 Å². The van der Waals surface area contributed by atoms with Crippen LogP contribution in [0.5, 0.6) is 0 Å². The van der Waals surface area contributed by atoms with Gasteiger partial charge in [0, 0.05) is 11.3 Å². The Bertz CT molecular complexity index is 1010. The molecule has 138 valence electrons. The quantitative estimate of drug-likeness (QED) is 0.725. The number of hydrogen-bond acceptors (Lipinski definition) is 4. The second kappa shape index (κ2) is 6.75. The van der Waals surface area contributed by atoms with Crippen molar-refractivity contribution in [1.82, 2.24) is 15.1 Å². The summed E-state index contributed by atoms with van der Waals surface area (Å²) in [5.74, 6) is -1.19. The van der Waals surface area contributed by atoms with E-state index in [1.54, 1.807) is 6.07 Å². The van der Waals surface area contributed by atoms with E-state index in [9.17, 15) is 9.59 Å². The lowest BCUT2D eigenvalue weighted by molar-refractivity contribution is 0.0660. The molecule has 2 heterocycles. The second-order valence-corrected chi connectivity index (χ2v) is 6.63. The minimum absolute atomic E-state index is 0.109. The minimum atomic E-state index is -1.14. The van der Waals surface area contributed by atoms with Crippen LogP contribution in [0.1, 0.15) is 50.0 Å². The number of nitrogens with one attached hydrogen (secondary N) is 1. The molecule has 0 saturated heterocycles. The van der Waals surface area contributed by atoms with E-state index in [-0.39, 0.29) is 18.2 Å². The van der Waals surface area contributed by atoms with Gasteiger partial charge in [-0.25, -0.2) is 9.48 Å². The van der Waals surface area contributed by atoms with Crippen molar-refractivity contribution in [3.05, 3.63) is 70.4 Å². The van der Waals surface area contributed by atoms with Crippen molar-refractivity contribution in [2.45, 2.75) is 32.7 Å². The van der Waals surface area contributed by atoms with Crippen LogP contribution in [-0.2, 0) is 19.4 Å². The zero-order valence-corrected chi connectivity index (χ0v) is 14.9. The molecule has 2 N–H and O–H groups in total. The number of benzene rings is 1. The lowest BCUT2D eigenvalue weighted by atomic mass is 10.2. The first-order valence-corrected chi connectivity index (χ1v) is 8.81. The van der Waals surface area contributed by atoms with Crippen molar-refractivity contribution in [2.24, 2.45) is 0 Å². The molecule has 0 spiro atoms. The maximum atomic E-state index is 12.7. The first-order valence-electron chi connectivity index (χ1n) is 8.81. The molecule has 0 atom stereocenters. The van der Waals surface area contributed by atoms with Gasteiger partial charge in [0.1, 0.15) is 5.76 Å². The zero-order valence-electron chi connectivity index (χ0n) is 14.9. The summed E-state index contributed by atoms with van der Waals surface area (Å²) in [6.07, 6.45) is 2.72. The van der Waals surface area contributed by atoms with Gasteiger partial charge in [-0.2, -0.15) is 5.10 Å². The molecule has 1 aromatic carbocycles. The topological polar surface area (TPSA) is 97.4 Å². The van der Waals surface area contributed by atoms with Gasteiger partial charge in [0.05, 0.1) is 12.2 Å². The number of carboxylic acids is 1. The van der Waals surface area contributed by atoms with Gasteiger partial charge in [-0.15, -0.1) is 0 Å². The number of carbonyl (C=O) groups is 2. The van der Waals surface area contributed by atoms with Crippen LogP contribution in [0.25, 0.3) is 5.69 Å². The van der Waals surface area contributed by atoms with Gasteiger partial charge in [-0.1, -0.05) is 17.7 Å². The predicted molar refractivity (Wildman–Crippen MR) is 97.2 cm³/mol. The largest absolute Gasteiger partial charge is 0.475 e. The highest BCUT2D eigenvalue weighted by Gasteiger charge is 2.27. The monoisotopic (exact) mass is 365 g/mol. The Morgan fingerprint density at radius 2 is 1.96 bits per heavy atom. The molecule has 0 aliphatic heterocycles. The zero-order chi connectivity index (χ0) is 19.0. The van der Waals surface area contributed by atoms with Crippen LogP contribution < -0.4 is 5.32 Å². The molecule has 3 aromatic rings. The number of rotatable bonds is 5. The lowest BCUT2D eigenvalue weighted by Crippen LogP contribution is -2.24. The van der Waals surface area contributed by atoms with Crippen molar-refractivity contribution < 1.29 is 19.1 Å². The molecule has 0 radical (unpaired) electrons. The van der Waals surface area contributed by atoms with E-state index >= 15 is 0 Å². The fourth-order valence-electron chi connectivity index (χ4n) is 3.36. The summed E-state index contributed by atoms with van der Waals surface area (Å²) in [5.41, 5.74) is 4.59. The molecule has 27 heavy (non-hydrogen) atoms. The Morgan fingerprint density at radius 1 is 1.19 bits per heavy atom. The summed E-state index contributed by atoms with van der Waals surface area (Å²) in [6.45, 7) is 2.14. The Kier molecular flexibility index (Phi) is 4.27. The van der Waals surface area contributed by atoms with E-state index in [1.165, 1.54) is 11.6 Å². The number of hydrogen-bond donors (Lipinski definition) is 2.